The topological polar surface area (TPSA) is 23.8 Å². The normalized spacial score (nSPS) is 21.1. The first-order chi connectivity index (χ1) is 11.9. The summed E-state index contributed by atoms with van der Waals surface area (Å²) in [6.45, 7) is 2.15. The van der Waals surface area contributed by atoms with Crippen LogP contribution in [0.4, 0.5) is 17.6 Å². The van der Waals surface area contributed by atoms with Gasteiger partial charge >= 0.3 is 0 Å². The molecule has 0 aromatic heterocycles. The smallest absolute Gasteiger partial charge is 0.206 e. The summed E-state index contributed by atoms with van der Waals surface area (Å²) in [5, 5.41) is 8.65. The lowest BCUT2D eigenvalue weighted by molar-refractivity contribution is -0.0746. The molecule has 0 bridgehead atoms. The van der Waals surface area contributed by atoms with Crippen LogP contribution in [0.3, 0.4) is 0 Å². The monoisotopic (exact) mass is 355 g/mol. The molecule has 2 rings (SSSR count). The summed E-state index contributed by atoms with van der Waals surface area (Å²) in [5.74, 6) is -5.34. The third-order valence-electron chi connectivity index (χ3n) is 5.31. The van der Waals surface area contributed by atoms with Gasteiger partial charge in [0.05, 0.1) is 0 Å². The molecular formula is C20H25F4N. The predicted molar refractivity (Wildman–Crippen MR) is 89.3 cm³/mol. The van der Waals surface area contributed by atoms with Gasteiger partial charge in [-0.3, -0.25) is 0 Å². The first kappa shape index (κ1) is 19.8. The van der Waals surface area contributed by atoms with Crippen molar-refractivity contribution >= 4 is 0 Å². The highest BCUT2D eigenvalue weighted by Gasteiger charge is 2.41. The number of halogens is 4. The van der Waals surface area contributed by atoms with Crippen molar-refractivity contribution in [1.29, 1.82) is 5.26 Å². The van der Waals surface area contributed by atoms with Gasteiger partial charge in [0.15, 0.2) is 0 Å². The Morgan fingerprint density at radius 2 is 1.68 bits per heavy atom. The Morgan fingerprint density at radius 3 is 2.20 bits per heavy atom. The molecule has 5 heteroatoms. The molecule has 0 atom stereocenters. The van der Waals surface area contributed by atoms with Crippen molar-refractivity contribution < 1.29 is 17.6 Å². The summed E-state index contributed by atoms with van der Waals surface area (Å²) in [6.07, 6.45) is 6.47. The Balaban J connectivity index is 1.95. The second-order valence-electron chi connectivity index (χ2n) is 7.20. The van der Waals surface area contributed by atoms with E-state index >= 15 is 0 Å². The second kappa shape index (κ2) is 8.69. The standard InChI is InChI=1S/C20H25F4N/c1-2-3-4-5-14-6-8-16(9-7-14)20(23,24)12-15-10-18(21)17(13-25)19(22)11-15/h10-11,14,16H,2-9,12H2,1H3. The van der Waals surface area contributed by atoms with Gasteiger partial charge < -0.3 is 0 Å². The van der Waals surface area contributed by atoms with E-state index in [2.05, 4.69) is 6.92 Å². The van der Waals surface area contributed by atoms with Crippen LogP contribution in [0.2, 0.25) is 0 Å². The summed E-state index contributed by atoms with van der Waals surface area (Å²) in [6, 6.07) is 3.11. The zero-order chi connectivity index (χ0) is 18.4. The number of alkyl halides is 2. The van der Waals surface area contributed by atoms with Crippen molar-refractivity contribution in [2.45, 2.75) is 70.6 Å². The molecule has 1 aromatic carbocycles. The summed E-state index contributed by atoms with van der Waals surface area (Å²) in [5.41, 5.74) is -0.816. The number of benzene rings is 1. The van der Waals surface area contributed by atoms with E-state index in [0.717, 1.165) is 44.2 Å². The van der Waals surface area contributed by atoms with Crippen LogP contribution < -0.4 is 0 Å². The van der Waals surface area contributed by atoms with Crippen LogP contribution in [-0.4, -0.2) is 5.92 Å². The summed E-state index contributed by atoms with van der Waals surface area (Å²) >= 11 is 0. The average Bonchev–Trinajstić information content (AvgIpc) is 2.55. The average molecular weight is 355 g/mol. The quantitative estimate of drug-likeness (QED) is 0.410. The van der Waals surface area contributed by atoms with E-state index in [0.29, 0.717) is 18.8 Å². The molecule has 1 saturated carbocycles. The molecule has 0 saturated heterocycles. The van der Waals surface area contributed by atoms with Gasteiger partial charge in [-0.15, -0.1) is 0 Å². The maximum absolute atomic E-state index is 14.6. The maximum atomic E-state index is 14.6. The maximum Gasteiger partial charge on any atom is 0.254 e. The van der Waals surface area contributed by atoms with Gasteiger partial charge in [-0.05, 0) is 49.3 Å². The van der Waals surface area contributed by atoms with Crippen molar-refractivity contribution in [1.82, 2.24) is 0 Å². The van der Waals surface area contributed by atoms with Gasteiger partial charge in [0.2, 0.25) is 0 Å². The van der Waals surface area contributed by atoms with E-state index in [4.69, 9.17) is 5.26 Å². The molecule has 0 amide bonds. The molecule has 25 heavy (non-hydrogen) atoms. The lowest BCUT2D eigenvalue weighted by Crippen LogP contribution is -2.34. The molecule has 138 valence electrons. The highest BCUT2D eigenvalue weighted by molar-refractivity contribution is 5.35. The second-order valence-corrected chi connectivity index (χ2v) is 7.20. The zero-order valence-electron chi connectivity index (χ0n) is 14.6. The number of nitriles is 1. The largest absolute Gasteiger partial charge is 0.254 e. The van der Waals surface area contributed by atoms with E-state index < -0.39 is 35.5 Å². The molecule has 0 spiro atoms. The van der Waals surface area contributed by atoms with Crippen LogP contribution in [0.1, 0.15) is 69.4 Å². The molecule has 1 aliphatic rings. The van der Waals surface area contributed by atoms with Gasteiger partial charge in [-0.25, -0.2) is 17.6 Å². The predicted octanol–water partition coefficient (Wildman–Crippen LogP) is 6.40. The van der Waals surface area contributed by atoms with Gasteiger partial charge in [0.1, 0.15) is 23.3 Å². The van der Waals surface area contributed by atoms with Crippen LogP contribution >= 0.6 is 0 Å². The number of hydrogen-bond donors (Lipinski definition) is 0. The fourth-order valence-electron chi connectivity index (χ4n) is 3.81. The molecule has 0 aliphatic heterocycles. The van der Waals surface area contributed by atoms with E-state index in [1.807, 2.05) is 0 Å². The van der Waals surface area contributed by atoms with Crippen molar-refractivity contribution in [2.24, 2.45) is 11.8 Å². The Hall–Kier alpha value is -1.57. The van der Waals surface area contributed by atoms with Gasteiger partial charge in [-0.2, -0.15) is 5.26 Å². The third-order valence-corrected chi connectivity index (χ3v) is 5.31. The lowest BCUT2D eigenvalue weighted by atomic mass is 9.76. The number of unbranched alkanes of at least 4 members (excludes halogenated alkanes) is 2. The van der Waals surface area contributed by atoms with Crippen LogP contribution in [0.5, 0.6) is 0 Å². The summed E-state index contributed by atoms with van der Waals surface area (Å²) in [7, 11) is 0. The highest BCUT2D eigenvalue weighted by atomic mass is 19.3. The van der Waals surface area contributed by atoms with Crippen molar-refractivity contribution in [3.05, 3.63) is 34.9 Å². The minimum Gasteiger partial charge on any atom is -0.206 e. The first-order valence-corrected chi connectivity index (χ1v) is 9.13. The summed E-state index contributed by atoms with van der Waals surface area (Å²) in [4.78, 5) is 0. The minimum absolute atomic E-state index is 0.0935. The van der Waals surface area contributed by atoms with Gasteiger partial charge in [0.25, 0.3) is 5.92 Å². The first-order valence-electron chi connectivity index (χ1n) is 9.13. The van der Waals surface area contributed by atoms with Crippen LogP contribution in [0, 0.1) is 34.8 Å². The van der Waals surface area contributed by atoms with Crippen LogP contribution in [0.15, 0.2) is 12.1 Å². The van der Waals surface area contributed by atoms with Crippen molar-refractivity contribution in [3.63, 3.8) is 0 Å². The van der Waals surface area contributed by atoms with Crippen LogP contribution in [-0.2, 0) is 6.42 Å². The number of rotatable bonds is 7. The molecular weight excluding hydrogens is 330 g/mol. The molecule has 1 aromatic rings. The SMILES string of the molecule is CCCCCC1CCC(C(F)(F)Cc2cc(F)c(C#N)c(F)c2)CC1. The Labute approximate surface area is 147 Å². The number of nitrogens with zero attached hydrogens (tertiary/aromatic N) is 1. The van der Waals surface area contributed by atoms with E-state index in [1.54, 1.807) is 0 Å². The Morgan fingerprint density at radius 1 is 1.08 bits per heavy atom. The number of hydrogen-bond acceptors (Lipinski definition) is 1. The Kier molecular flexibility index (Phi) is 6.87. The summed E-state index contributed by atoms with van der Waals surface area (Å²) < 4.78 is 56.4. The van der Waals surface area contributed by atoms with E-state index in [1.165, 1.54) is 12.5 Å². The molecule has 0 heterocycles. The van der Waals surface area contributed by atoms with Crippen molar-refractivity contribution in [2.75, 3.05) is 0 Å². The molecule has 0 unspecified atom stereocenters. The molecule has 1 nitrogen and oxygen atoms in total. The molecule has 1 aliphatic carbocycles. The van der Waals surface area contributed by atoms with E-state index in [9.17, 15) is 17.6 Å². The fraction of sp³-hybridized carbons (Fsp3) is 0.650. The lowest BCUT2D eigenvalue weighted by Gasteiger charge is -2.34. The van der Waals surface area contributed by atoms with Gasteiger partial charge in [-0.1, -0.05) is 32.6 Å². The molecule has 0 radical (unpaired) electrons. The molecule has 0 N–H and O–H groups in total. The van der Waals surface area contributed by atoms with E-state index in [-0.39, 0.29) is 5.56 Å². The van der Waals surface area contributed by atoms with Crippen LogP contribution in [0.25, 0.3) is 0 Å². The highest BCUT2D eigenvalue weighted by Crippen LogP contribution is 2.42. The fourth-order valence-corrected chi connectivity index (χ4v) is 3.81. The Bertz CT molecular complexity index is 590. The molecule has 1 fully saturated rings. The van der Waals surface area contributed by atoms with Gasteiger partial charge in [0, 0.05) is 12.3 Å². The third kappa shape index (κ3) is 5.20. The zero-order valence-corrected chi connectivity index (χ0v) is 14.6. The minimum atomic E-state index is -2.98. The van der Waals surface area contributed by atoms with Crippen molar-refractivity contribution in [3.8, 4) is 6.07 Å².